The van der Waals surface area contributed by atoms with Gasteiger partial charge in [0.1, 0.15) is 18.3 Å². The summed E-state index contributed by atoms with van der Waals surface area (Å²) in [4.78, 5) is 0. The van der Waals surface area contributed by atoms with E-state index in [9.17, 15) is 10.2 Å². The summed E-state index contributed by atoms with van der Waals surface area (Å²) in [6.45, 7) is 4.15. The highest BCUT2D eigenvalue weighted by Gasteiger charge is 2.37. The van der Waals surface area contributed by atoms with Gasteiger partial charge >= 0.3 is 0 Å². The van der Waals surface area contributed by atoms with Crippen molar-refractivity contribution in [3.8, 4) is 0 Å². The third-order valence-corrected chi connectivity index (χ3v) is 2.31. The van der Waals surface area contributed by atoms with Gasteiger partial charge in [0.05, 0.1) is 12.7 Å². The topological polar surface area (TPSA) is 69.9 Å². The van der Waals surface area contributed by atoms with E-state index in [0.29, 0.717) is 12.3 Å². The van der Waals surface area contributed by atoms with Crippen molar-refractivity contribution in [2.75, 3.05) is 6.61 Å². The highest BCUT2D eigenvalue weighted by Crippen LogP contribution is 2.20. The minimum Gasteiger partial charge on any atom is -0.388 e. The Hall–Kier alpha value is -0.160. The van der Waals surface area contributed by atoms with Crippen molar-refractivity contribution in [1.82, 2.24) is 0 Å². The van der Waals surface area contributed by atoms with E-state index in [2.05, 4.69) is 0 Å². The summed E-state index contributed by atoms with van der Waals surface area (Å²) >= 11 is 0. The molecule has 78 valence electrons. The summed E-state index contributed by atoms with van der Waals surface area (Å²) < 4.78 is 5.22. The summed E-state index contributed by atoms with van der Waals surface area (Å²) in [5.74, 6) is 0.405. The van der Waals surface area contributed by atoms with Gasteiger partial charge in [0, 0.05) is 0 Å². The second-order valence-corrected chi connectivity index (χ2v) is 4.05. The minimum absolute atomic E-state index is 0.107. The Labute approximate surface area is 78.1 Å². The quantitative estimate of drug-likeness (QED) is 0.550. The highest BCUT2D eigenvalue weighted by atomic mass is 16.5. The lowest BCUT2D eigenvalue weighted by Gasteiger charge is -2.36. The molecular weight excluding hydrogens is 172 g/mol. The van der Waals surface area contributed by atoms with Gasteiger partial charge in [0.25, 0.3) is 0 Å². The van der Waals surface area contributed by atoms with E-state index in [-0.39, 0.29) is 12.7 Å². The normalized spacial score (nSPS) is 41.1. The van der Waals surface area contributed by atoms with Crippen molar-refractivity contribution < 1.29 is 20.1 Å². The van der Waals surface area contributed by atoms with Crippen LogP contribution in [0.5, 0.6) is 0 Å². The van der Waals surface area contributed by atoms with Crippen LogP contribution in [-0.4, -0.2) is 46.3 Å². The molecule has 4 nitrogen and oxygen atoms in total. The number of rotatable bonds is 2. The summed E-state index contributed by atoms with van der Waals surface area (Å²) in [5, 5.41) is 28.0. The minimum atomic E-state index is -1.07. The molecule has 0 amide bonds. The molecule has 1 heterocycles. The first kappa shape index (κ1) is 10.9. The Morgan fingerprint density at radius 1 is 1.23 bits per heavy atom. The van der Waals surface area contributed by atoms with Crippen molar-refractivity contribution in [3.63, 3.8) is 0 Å². The molecule has 4 atom stereocenters. The van der Waals surface area contributed by atoms with Crippen LogP contribution in [0.15, 0.2) is 0 Å². The maximum atomic E-state index is 9.52. The van der Waals surface area contributed by atoms with Crippen molar-refractivity contribution in [1.29, 1.82) is 0 Å². The molecule has 1 aliphatic rings. The smallest absolute Gasteiger partial charge is 0.111 e. The van der Waals surface area contributed by atoms with Gasteiger partial charge in [-0.2, -0.15) is 0 Å². The lowest BCUT2D eigenvalue weighted by Crippen LogP contribution is -2.53. The first-order valence-electron chi connectivity index (χ1n) is 4.68. The Balaban J connectivity index is 2.48. The maximum absolute atomic E-state index is 9.52. The summed E-state index contributed by atoms with van der Waals surface area (Å²) in [5.41, 5.74) is 0. The van der Waals surface area contributed by atoms with Crippen LogP contribution in [0.3, 0.4) is 0 Å². The fourth-order valence-corrected chi connectivity index (χ4v) is 1.54. The predicted octanol–water partition coefficient (Wildman–Crippen LogP) is -0.486. The first-order chi connectivity index (χ1) is 6.02. The number of ether oxygens (including phenoxy) is 1. The molecular formula is C9H18O4. The maximum Gasteiger partial charge on any atom is 0.111 e. The van der Waals surface area contributed by atoms with E-state index in [1.165, 1.54) is 0 Å². The van der Waals surface area contributed by atoms with Crippen LogP contribution in [0.1, 0.15) is 20.3 Å². The van der Waals surface area contributed by atoms with Crippen LogP contribution in [0, 0.1) is 5.92 Å². The van der Waals surface area contributed by atoms with Crippen LogP contribution in [0.25, 0.3) is 0 Å². The average Bonchev–Trinajstić information content (AvgIpc) is 2.06. The predicted molar refractivity (Wildman–Crippen MR) is 47.2 cm³/mol. The Morgan fingerprint density at radius 2 is 1.85 bits per heavy atom. The number of aliphatic hydroxyl groups excluding tert-OH is 3. The van der Waals surface area contributed by atoms with Gasteiger partial charge in [-0.25, -0.2) is 0 Å². The lowest BCUT2D eigenvalue weighted by molar-refractivity contribution is -0.190. The third-order valence-electron chi connectivity index (χ3n) is 2.31. The molecule has 1 saturated heterocycles. The lowest BCUT2D eigenvalue weighted by atomic mass is 9.94. The zero-order chi connectivity index (χ0) is 10.0. The molecule has 0 unspecified atom stereocenters. The van der Waals surface area contributed by atoms with Gasteiger partial charge < -0.3 is 20.1 Å². The molecule has 0 aliphatic carbocycles. The van der Waals surface area contributed by atoms with Gasteiger partial charge in [-0.1, -0.05) is 13.8 Å². The van der Waals surface area contributed by atoms with Crippen LogP contribution >= 0.6 is 0 Å². The summed E-state index contributed by atoms with van der Waals surface area (Å²) in [6.07, 6.45) is -2.65. The third kappa shape index (κ3) is 2.64. The largest absolute Gasteiger partial charge is 0.388 e. The zero-order valence-electron chi connectivity index (χ0n) is 8.05. The molecule has 4 heteroatoms. The summed E-state index contributed by atoms with van der Waals surface area (Å²) in [6, 6.07) is 0. The van der Waals surface area contributed by atoms with E-state index < -0.39 is 18.3 Å². The van der Waals surface area contributed by atoms with E-state index in [4.69, 9.17) is 9.84 Å². The second-order valence-electron chi connectivity index (χ2n) is 4.05. The average molecular weight is 190 g/mol. The van der Waals surface area contributed by atoms with E-state index in [0.717, 1.165) is 0 Å². The first-order valence-corrected chi connectivity index (χ1v) is 4.68. The molecule has 0 aromatic rings. The van der Waals surface area contributed by atoms with Crippen LogP contribution in [0.4, 0.5) is 0 Å². The molecule has 1 rings (SSSR count). The molecule has 0 radical (unpaired) electrons. The Kier molecular flexibility index (Phi) is 3.67. The van der Waals surface area contributed by atoms with Crippen LogP contribution < -0.4 is 0 Å². The summed E-state index contributed by atoms with van der Waals surface area (Å²) in [7, 11) is 0. The van der Waals surface area contributed by atoms with Gasteiger partial charge in [0.15, 0.2) is 0 Å². The van der Waals surface area contributed by atoms with Crippen molar-refractivity contribution in [3.05, 3.63) is 0 Å². The van der Waals surface area contributed by atoms with Gasteiger partial charge in [-0.05, 0) is 12.3 Å². The zero-order valence-corrected chi connectivity index (χ0v) is 8.05. The molecule has 1 aliphatic heterocycles. The standard InChI is InChI=1S/C9H18O4/c1-5(2)3-7-9(12)8(11)6(10)4-13-7/h5-12H,3-4H2,1-2H3/t6-,7+,8+,9+/m1/s1. The Morgan fingerprint density at radius 3 is 2.38 bits per heavy atom. The van der Waals surface area contributed by atoms with E-state index >= 15 is 0 Å². The van der Waals surface area contributed by atoms with E-state index in [1.807, 2.05) is 13.8 Å². The fourth-order valence-electron chi connectivity index (χ4n) is 1.54. The molecule has 0 bridgehead atoms. The van der Waals surface area contributed by atoms with Gasteiger partial charge in [0.2, 0.25) is 0 Å². The van der Waals surface area contributed by atoms with Crippen LogP contribution in [0.2, 0.25) is 0 Å². The monoisotopic (exact) mass is 190 g/mol. The van der Waals surface area contributed by atoms with Crippen molar-refractivity contribution in [2.24, 2.45) is 5.92 Å². The molecule has 0 spiro atoms. The molecule has 0 saturated carbocycles. The van der Waals surface area contributed by atoms with Crippen LogP contribution in [-0.2, 0) is 4.74 Å². The van der Waals surface area contributed by atoms with E-state index in [1.54, 1.807) is 0 Å². The molecule has 13 heavy (non-hydrogen) atoms. The fraction of sp³-hybridized carbons (Fsp3) is 1.00. The van der Waals surface area contributed by atoms with Gasteiger partial charge in [-0.15, -0.1) is 0 Å². The van der Waals surface area contributed by atoms with Crippen molar-refractivity contribution in [2.45, 2.75) is 44.7 Å². The van der Waals surface area contributed by atoms with Crippen molar-refractivity contribution >= 4 is 0 Å². The molecule has 0 aromatic heterocycles. The second kappa shape index (κ2) is 4.37. The highest BCUT2D eigenvalue weighted by molar-refractivity contribution is 4.86. The number of hydrogen-bond donors (Lipinski definition) is 3. The molecule has 1 fully saturated rings. The van der Waals surface area contributed by atoms with Gasteiger partial charge in [-0.3, -0.25) is 0 Å². The molecule has 3 N–H and O–H groups in total. The number of aliphatic hydroxyl groups is 3. The number of hydrogen-bond acceptors (Lipinski definition) is 4. The Bertz CT molecular complexity index is 160. The molecule has 0 aromatic carbocycles. The SMILES string of the molecule is CC(C)C[C@@H]1OC[C@@H](O)[C@H](O)[C@H]1O.